The molecule has 32 heavy (non-hydrogen) atoms. The number of nitrogens with zero attached hydrogens (tertiary/aromatic N) is 3. The summed E-state index contributed by atoms with van der Waals surface area (Å²) in [6.45, 7) is 5.14. The number of carbonyl (C=O) groups excluding carboxylic acids is 2. The van der Waals surface area contributed by atoms with Gasteiger partial charge in [0.2, 0.25) is 5.91 Å². The lowest BCUT2D eigenvalue weighted by Gasteiger charge is -2.41. The number of Topliss-reactive ketones (excluding diaryl/α,β-unsaturated/α-hetero) is 1. The molecule has 2 saturated heterocycles. The Balaban J connectivity index is 1.23. The van der Waals surface area contributed by atoms with Crippen molar-refractivity contribution in [2.75, 3.05) is 51.4 Å². The average Bonchev–Trinajstić information content (AvgIpc) is 3.14. The normalized spacial score (nSPS) is 24.1. The number of methoxy groups -OCH3 is 1. The van der Waals surface area contributed by atoms with Gasteiger partial charge < -0.3 is 20.1 Å². The maximum absolute atomic E-state index is 13.2. The third-order valence-corrected chi connectivity index (χ3v) is 7.80. The number of ketones is 1. The highest BCUT2D eigenvalue weighted by Crippen LogP contribution is 2.38. The van der Waals surface area contributed by atoms with E-state index in [1.165, 1.54) is 11.3 Å². The number of amides is 1. The Kier molecular flexibility index (Phi) is 5.79. The van der Waals surface area contributed by atoms with Crippen molar-refractivity contribution < 1.29 is 19.4 Å². The first-order valence-electron chi connectivity index (χ1n) is 11.0. The van der Waals surface area contributed by atoms with Crippen LogP contribution in [0, 0.1) is 5.92 Å². The van der Waals surface area contributed by atoms with Crippen molar-refractivity contribution in [2.45, 2.75) is 19.0 Å². The first kappa shape index (κ1) is 21.2. The van der Waals surface area contributed by atoms with Crippen molar-refractivity contribution in [2.24, 2.45) is 5.92 Å². The maximum Gasteiger partial charge on any atom is 0.226 e. The summed E-state index contributed by atoms with van der Waals surface area (Å²) in [6.07, 6.45) is 0.615. The summed E-state index contributed by atoms with van der Waals surface area (Å²) in [5.74, 6) is 0.354. The lowest BCUT2D eigenvalue weighted by Crippen LogP contribution is -2.59. The number of nitrogens with one attached hydrogen (secondary N) is 1. The zero-order valence-corrected chi connectivity index (χ0v) is 18.9. The van der Waals surface area contributed by atoms with Crippen LogP contribution in [0.1, 0.15) is 21.7 Å². The molecule has 2 unspecified atom stereocenters. The Morgan fingerprint density at radius 1 is 1.19 bits per heavy atom. The Labute approximate surface area is 191 Å². The fourth-order valence-corrected chi connectivity index (χ4v) is 6.00. The van der Waals surface area contributed by atoms with E-state index in [4.69, 9.17) is 4.74 Å². The number of hydrogen-bond donors (Lipinski definition) is 2. The molecule has 2 N–H and O–H groups in total. The van der Waals surface area contributed by atoms with Crippen molar-refractivity contribution in [1.29, 1.82) is 0 Å². The van der Waals surface area contributed by atoms with E-state index in [2.05, 4.69) is 21.2 Å². The molecule has 1 aromatic carbocycles. The number of para-hydroxylation sites is 2. The van der Waals surface area contributed by atoms with Crippen LogP contribution >= 0.6 is 11.3 Å². The molecule has 2 bridgehead atoms. The van der Waals surface area contributed by atoms with Gasteiger partial charge in [-0.15, -0.1) is 11.3 Å². The van der Waals surface area contributed by atoms with Gasteiger partial charge in [-0.3, -0.25) is 19.4 Å². The van der Waals surface area contributed by atoms with E-state index < -0.39 is 12.0 Å². The van der Waals surface area contributed by atoms with Gasteiger partial charge in [0.25, 0.3) is 0 Å². The minimum atomic E-state index is -0.509. The third-order valence-electron chi connectivity index (χ3n) is 6.84. The number of benzene rings is 1. The first-order valence-corrected chi connectivity index (χ1v) is 11.9. The van der Waals surface area contributed by atoms with Gasteiger partial charge in [0, 0.05) is 38.1 Å². The van der Waals surface area contributed by atoms with Crippen LogP contribution in [0.3, 0.4) is 0 Å². The zero-order valence-electron chi connectivity index (χ0n) is 18.1. The van der Waals surface area contributed by atoms with Gasteiger partial charge in [-0.2, -0.15) is 0 Å². The van der Waals surface area contributed by atoms with Crippen molar-refractivity contribution >= 4 is 28.7 Å². The second-order valence-electron chi connectivity index (χ2n) is 8.57. The minimum absolute atomic E-state index is 0.0669. The predicted octanol–water partition coefficient (Wildman–Crippen LogP) is 1.74. The van der Waals surface area contributed by atoms with Gasteiger partial charge in [-0.1, -0.05) is 12.1 Å². The number of anilines is 1. The third kappa shape index (κ3) is 3.74. The molecular formula is C23H28N4O4S. The van der Waals surface area contributed by atoms with Crippen LogP contribution in [0.4, 0.5) is 5.69 Å². The van der Waals surface area contributed by atoms with Crippen LogP contribution in [0.5, 0.6) is 11.5 Å². The summed E-state index contributed by atoms with van der Waals surface area (Å²) in [4.78, 5) is 33.4. The van der Waals surface area contributed by atoms with Crippen LogP contribution in [0.25, 0.3) is 0 Å². The molecule has 5 rings (SSSR count). The molecular weight excluding hydrogens is 428 g/mol. The smallest absolute Gasteiger partial charge is 0.226 e. The Morgan fingerprint density at radius 3 is 2.75 bits per heavy atom. The number of carbonyl (C=O) groups is 2. The van der Waals surface area contributed by atoms with Gasteiger partial charge in [0.05, 0.1) is 41.9 Å². The van der Waals surface area contributed by atoms with E-state index >= 15 is 0 Å². The quantitative estimate of drug-likeness (QED) is 0.709. The first-order chi connectivity index (χ1) is 15.6. The van der Waals surface area contributed by atoms with Crippen LogP contribution < -0.4 is 15.0 Å². The molecule has 2 fully saturated rings. The molecule has 9 heteroatoms. The number of piperazine rings is 1. The highest BCUT2D eigenvalue weighted by molar-refractivity contribution is 7.10. The Hall–Kier alpha value is -2.62. The molecule has 3 aliphatic rings. The van der Waals surface area contributed by atoms with E-state index in [0.717, 1.165) is 49.0 Å². The van der Waals surface area contributed by atoms with E-state index in [1.807, 2.05) is 23.1 Å². The number of rotatable bonds is 5. The van der Waals surface area contributed by atoms with Crippen molar-refractivity contribution in [3.05, 3.63) is 40.1 Å². The second kappa shape index (κ2) is 8.73. The molecule has 0 spiro atoms. The summed E-state index contributed by atoms with van der Waals surface area (Å²) < 4.78 is 5.50. The zero-order chi connectivity index (χ0) is 22.2. The lowest BCUT2D eigenvalue weighted by molar-refractivity contribution is -0.132. The molecule has 3 aliphatic heterocycles. The fraction of sp³-hybridized carbons (Fsp3) is 0.478. The number of hydrogen-bond acceptors (Lipinski definition) is 8. The SMILES string of the molecule is COc1ccccc1N1CCN(CCC2C(=O)NCN3Cc4scc(c4O)C(=O)C23)CC1. The molecule has 8 nitrogen and oxygen atoms in total. The standard InChI is InChI=1S/C23H28N4O4S/c1-31-18-5-3-2-4-17(18)26-10-8-25(9-11-26)7-6-15-20-22(29)16-13-32-19(21(16)28)12-27(20)14-24-23(15)30/h2-5,13,15,20,28H,6-12,14H2,1H3,(H,24,30). The Morgan fingerprint density at radius 2 is 1.97 bits per heavy atom. The maximum atomic E-state index is 13.2. The van der Waals surface area contributed by atoms with Gasteiger partial charge in [-0.25, -0.2) is 0 Å². The molecule has 0 saturated carbocycles. The topological polar surface area (TPSA) is 85.3 Å². The lowest BCUT2D eigenvalue weighted by atomic mass is 9.87. The largest absolute Gasteiger partial charge is 0.506 e. The van der Waals surface area contributed by atoms with Crippen molar-refractivity contribution in [1.82, 2.24) is 15.1 Å². The van der Waals surface area contributed by atoms with E-state index in [-0.39, 0.29) is 17.4 Å². The molecule has 2 aromatic rings. The summed E-state index contributed by atoms with van der Waals surface area (Å²) in [6, 6.07) is 7.55. The highest BCUT2D eigenvalue weighted by atomic mass is 32.1. The number of fused-ring (bicyclic) bond motifs is 3. The van der Waals surface area contributed by atoms with Gasteiger partial charge in [0.1, 0.15) is 11.5 Å². The van der Waals surface area contributed by atoms with Crippen LogP contribution in [0.15, 0.2) is 29.6 Å². The molecule has 0 aliphatic carbocycles. The summed E-state index contributed by atoms with van der Waals surface area (Å²) in [5.41, 5.74) is 1.47. The minimum Gasteiger partial charge on any atom is -0.506 e. The van der Waals surface area contributed by atoms with Crippen LogP contribution in [-0.4, -0.2) is 79.1 Å². The van der Waals surface area contributed by atoms with E-state index in [9.17, 15) is 14.7 Å². The van der Waals surface area contributed by atoms with Gasteiger partial charge in [0.15, 0.2) is 5.78 Å². The highest BCUT2D eigenvalue weighted by Gasteiger charge is 2.45. The molecule has 2 atom stereocenters. The molecule has 1 amide bonds. The van der Waals surface area contributed by atoms with E-state index in [1.54, 1.807) is 12.5 Å². The van der Waals surface area contributed by atoms with Crippen LogP contribution in [0.2, 0.25) is 0 Å². The molecule has 170 valence electrons. The van der Waals surface area contributed by atoms with Gasteiger partial charge >= 0.3 is 0 Å². The molecule has 0 radical (unpaired) electrons. The van der Waals surface area contributed by atoms with Crippen molar-refractivity contribution in [3.63, 3.8) is 0 Å². The van der Waals surface area contributed by atoms with Crippen molar-refractivity contribution in [3.8, 4) is 11.5 Å². The predicted molar refractivity (Wildman–Crippen MR) is 122 cm³/mol. The molecule has 1 aromatic heterocycles. The fourth-order valence-electron chi connectivity index (χ4n) is 5.05. The Bertz CT molecular complexity index is 1020. The summed E-state index contributed by atoms with van der Waals surface area (Å²) in [7, 11) is 1.69. The summed E-state index contributed by atoms with van der Waals surface area (Å²) >= 11 is 1.40. The number of aromatic hydroxyl groups is 1. The number of thiophene rings is 1. The van der Waals surface area contributed by atoms with Gasteiger partial charge in [-0.05, 0) is 25.1 Å². The summed E-state index contributed by atoms with van der Waals surface area (Å²) in [5, 5.41) is 15.0. The number of ether oxygens (including phenoxy) is 1. The monoisotopic (exact) mass is 456 g/mol. The van der Waals surface area contributed by atoms with Crippen LogP contribution in [-0.2, 0) is 11.3 Å². The van der Waals surface area contributed by atoms with E-state index in [0.29, 0.717) is 25.2 Å². The second-order valence-corrected chi connectivity index (χ2v) is 9.54. The molecule has 4 heterocycles. The average molecular weight is 457 g/mol.